The van der Waals surface area contributed by atoms with Gasteiger partial charge in [-0.2, -0.15) is 5.10 Å². The van der Waals surface area contributed by atoms with Crippen molar-refractivity contribution in [2.24, 2.45) is 11.8 Å². The molecule has 0 bridgehead atoms. The number of hydrogen-bond acceptors (Lipinski definition) is 4. The molecule has 4 rings (SSSR count). The van der Waals surface area contributed by atoms with E-state index in [1.54, 1.807) is 6.07 Å². The minimum absolute atomic E-state index is 0.0139. The molecule has 0 radical (unpaired) electrons. The number of hydrogen-bond donors (Lipinski definition) is 2. The van der Waals surface area contributed by atoms with E-state index in [0.717, 1.165) is 19.0 Å². The van der Waals surface area contributed by atoms with Crippen molar-refractivity contribution in [3.05, 3.63) is 41.7 Å². The average Bonchev–Trinajstić information content (AvgIpc) is 3.36. The van der Waals surface area contributed by atoms with Gasteiger partial charge in [-0.15, -0.1) is 0 Å². The van der Waals surface area contributed by atoms with Gasteiger partial charge in [0.2, 0.25) is 0 Å². The first-order valence-corrected chi connectivity index (χ1v) is 8.38. The third-order valence-electron chi connectivity index (χ3n) is 4.73. The SMILES string of the molecule is O=C(O)CC(Cc1nc(-c2n[nH]c3ccc(F)cc23)ncc1F)C1CC1. The molecule has 1 aromatic carbocycles. The van der Waals surface area contributed by atoms with Crippen LogP contribution in [0.2, 0.25) is 0 Å². The van der Waals surface area contributed by atoms with Gasteiger partial charge in [0, 0.05) is 11.8 Å². The van der Waals surface area contributed by atoms with E-state index in [2.05, 4.69) is 20.2 Å². The fraction of sp³-hybridized carbons (Fsp3) is 0.333. The number of halogens is 2. The van der Waals surface area contributed by atoms with E-state index < -0.39 is 17.6 Å². The second kappa shape index (κ2) is 6.44. The van der Waals surface area contributed by atoms with Crippen LogP contribution in [0.15, 0.2) is 24.4 Å². The smallest absolute Gasteiger partial charge is 0.303 e. The zero-order valence-corrected chi connectivity index (χ0v) is 13.7. The number of aromatic amines is 1. The lowest BCUT2D eigenvalue weighted by molar-refractivity contribution is -0.138. The van der Waals surface area contributed by atoms with Crippen molar-refractivity contribution in [3.63, 3.8) is 0 Å². The van der Waals surface area contributed by atoms with Crippen LogP contribution in [0.1, 0.15) is 25.0 Å². The lowest BCUT2D eigenvalue weighted by Gasteiger charge is -2.14. The van der Waals surface area contributed by atoms with E-state index in [4.69, 9.17) is 5.11 Å². The first kappa shape index (κ1) is 16.6. The van der Waals surface area contributed by atoms with Crippen molar-refractivity contribution >= 4 is 16.9 Å². The van der Waals surface area contributed by atoms with Gasteiger partial charge < -0.3 is 5.11 Å². The number of aliphatic carboxylic acids is 1. The van der Waals surface area contributed by atoms with Gasteiger partial charge in [-0.25, -0.2) is 18.7 Å². The van der Waals surface area contributed by atoms with E-state index in [1.165, 1.54) is 12.1 Å². The summed E-state index contributed by atoms with van der Waals surface area (Å²) >= 11 is 0. The second-order valence-electron chi connectivity index (χ2n) is 6.65. The van der Waals surface area contributed by atoms with Crippen molar-refractivity contribution in [3.8, 4) is 11.5 Å². The Labute approximate surface area is 147 Å². The van der Waals surface area contributed by atoms with Crippen LogP contribution < -0.4 is 0 Å². The van der Waals surface area contributed by atoms with Gasteiger partial charge in [0.05, 0.1) is 17.4 Å². The number of rotatable bonds is 6. The molecule has 1 unspecified atom stereocenters. The summed E-state index contributed by atoms with van der Waals surface area (Å²) in [6.45, 7) is 0. The quantitative estimate of drug-likeness (QED) is 0.705. The Kier molecular flexibility index (Phi) is 4.10. The molecule has 1 atom stereocenters. The summed E-state index contributed by atoms with van der Waals surface area (Å²) in [5.41, 5.74) is 1.13. The summed E-state index contributed by atoms with van der Waals surface area (Å²) in [6, 6.07) is 4.19. The third kappa shape index (κ3) is 3.26. The van der Waals surface area contributed by atoms with Gasteiger partial charge in [0.15, 0.2) is 11.6 Å². The summed E-state index contributed by atoms with van der Waals surface area (Å²) in [5, 5.41) is 16.5. The first-order chi connectivity index (χ1) is 12.5. The molecule has 1 aliphatic carbocycles. The highest BCUT2D eigenvalue weighted by atomic mass is 19.1. The molecule has 0 saturated heterocycles. The first-order valence-electron chi connectivity index (χ1n) is 8.38. The van der Waals surface area contributed by atoms with E-state index >= 15 is 0 Å². The van der Waals surface area contributed by atoms with Crippen molar-refractivity contribution in [2.75, 3.05) is 0 Å². The standard InChI is InChI=1S/C18H16F2N4O2/c19-11-3-4-14-12(7-11)17(24-23-14)18-21-8-13(20)15(22-18)5-10(6-16(25)26)9-1-2-9/h3-4,7-10H,1-2,5-6H2,(H,23,24)(H,25,26). The normalized spacial score (nSPS) is 15.3. The molecular weight excluding hydrogens is 342 g/mol. The van der Waals surface area contributed by atoms with Crippen LogP contribution >= 0.6 is 0 Å². The van der Waals surface area contributed by atoms with Crippen molar-refractivity contribution in [1.82, 2.24) is 20.2 Å². The molecule has 1 aliphatic rings. The molecule has 2 aromatic heterocycles. The van der Waals surface area contributed by atoms with Gasteiger partial charge in [-0.3, -0.25) is 9.89 Å². The molecule has 6 nitrogen and oxygen atoms in total. The Morgan fingerprint density at radius 1 is 1.35 bits per heavy atom. The molecule has 2 N–H and O–H groups in total. The maximum Gasteiger partial charge on any atom is 0.303 e. The minimum Gasteiger partial charge on any atom is -0.481 e. The number of nitrogens with zero attached hydrogens (tertiary/aromatic N) is 3. The van der Waals surface area contributed by atoms with Crippen molar-refractivity contribution < 1.29 is 18.7 Å². The Morgan fingerprint density at radius 2 is 2.15 bits per heavy atom. The molecule has 0 spiro atoms. The summed E-state index contributed by atoms with van der Waals surface area (Å²) in [6.07, 6.45) is 3.19. The van der Waals surface area contributed by atoms with Gasteiger partial charge in [0.1, 0.15) is 11.5 Å². The van der Waals surface area contributed by atoms with Crippen LogP contribution in [-0.4, -0.2) is 31.2 Å². The fourth-order valence-corrected chi connectivity index (χ4v) is 3.26. The molecule has 134 valence electrons. The molecule has 26 heavy (non-hydrogen) atoms. The molecule has 2 heterocycles. The highest BCUT2D eigenvalue weighted by molar-refractivity contribution is 5.91. The third-order valence-corrected chi connectivity index (χ3v) is 4.73. The zero-order chi connectivity index (χ0) is 18.3. The molecule has 0 aliphatic heterocycles. The van der Waals surface area contributed by atoms with Crippen LogP contribution in [0.25, 0.3) is 22.4 Å². The van der Waals surface area contributed by atoms with Crippen LogP contribution in [0, 0.1) is 23.5 Å². The summed E-state index contributed by atoms with van der Waals surface area (Å²) < 4.78 is 27.8. The highest BCUT2D eigenvalue weighted by Gasteiger charge is 2.33. The van der Waals surface area contributed by atoms with Gasteiger partial charge in [0.25, 0.3) is 0 Å². The Bertz CT molecular complexity index is 984. The molecule has 8 heteroatoms. The number of aromatic nitrogens is 4. The Hall–Kier alpha value is -2.90. The Morgan fingerprint density at radius 3 is 2.88 bits per heavy atom. The average molecular weight is 358 g/mol. The van der Waals surface area contributed by atoms with E-state index in [0.29, 0.717) is 22.5 Å². The predicted molar refractivity (Wildman–Crippen MR) is 89.2 cm³/mol. The van der Waals surface area contributed by atoms with E-state index in [-0.39, 0.29) is 30.3 Å². The summed E-state index contributed by atoms with van der Waals surface area (Å²) in [5.74, 6) is -1.57. The number of carboxylic acids is 1. The maximum atomic E-state index is 14.2. The number of carboxylic acid groups (broad SMARTS) is 1. The fourth-order valence-electron chi connectivity index (χ4n) is 3.26. The van der Waals surface area contributed by atoms with Crippen LogP contribution in [0.5, 0.6) is 0 Å². The number of fused-ring (bicyclic) bond motifs is 1. The van der Waals surface area contributed by atoms with Gasteiger partial charge in [-0.05, 0) is 49.3 Å². The van der Waals surface area contributed by atoms with Crippen LogP contribution in [0.3, 0.4) is 0 Å². The molecule has 1 saturated carbocycles. The summed E-state index contributed by atoms with van der Waals surface area (Å²) in [4.78, 5) is 19.3. The Balaban J connectivity index is 1.69. The molecule has 3 aromatic rings. The molecule has 0 amide bonds. The predicted octanol–water partition coefficient (Wildman–Crippen LogP) is 3.34. The topological polar surface area (TPSA) is 91.8 Å². The number of carbonyl (C=O) groups is 1. The van der Waals surface area contributed by atoms with E-state index in [9.17, 15) is 13.6 Å². The largest absolute Gasteiger partial charge is 0.481 e. The maximum absolute atomic E-state index is 14.2. The van der Waals surface area contributed by atoms with Gasteiger partial charge in [-0.1, -0.05) is 0 Å². The summed E-state index contributed by atoms with van der Waals surface area (Å²) in [7, 11) is 0. The van der Waals surface area contributed by atoms with Crippen molar-refractivity contribution in [1.29, 1.82) is 0 Å². The van der Waals surface area contributed by atoms with Crippen molar-refractivity contribution in [2.45, 2.75) is 25.7 Å². The number of H-pyrrole nitrogens is 1. The minimum atomic E-state index is -0.898. The molecular formula is C18H16F2N4O2. The number of nitrogens with one attached hydrogen (secondary N) is 1. The lowest BCUT2D eigenvalue weighted by Crippen LogP contribution is -2.15. The van der Waals surface area contributed by atoms with Crippen LogP contribution in [-0.2, 0) is 11.2 Å². The van der Waals surface area contributed by atoms with Crippen LogP contribution in [0.4, 0.5) is 8.78 Å². The second-order valence-corrected chi connectivity index (χ2v) is 6.65. The van der Waals surface area contributed by atoms with E-state index in [1.807, 2.05) is 0 Å². The monoisotopic (exact) mass is 358 g/mol. The lowest BCUT2D eigenvalue weighted by atomic mass is 9.94. The zero-order valence-electron chi connectivity index (χ0n) is 13.7. The molecule has 1 fully saturated rings. The number of benzene rings is 1. The van der Waals surface area contributed by atoms with Gasteiger partial charge >= 0.3 is 5.97 Å². The highest BCUT2D eigenvalue weighted by Crippen LogP contribution is 2.40.